The summed E-state index contributed by atoms with van der Waals surface area (Å²) >= 11 is 8.92. The molecule has 3 nitrogen and oxygen atoms in total. The summed E-state index contributed by atoms with van der Waals surface area (Å²) in [4.78, 5) is 14.0. The maximum atomic E-state index is 13.8. The van der Waals surface area contributed by atoms with Gasteiger partial charge in [-0.05, 0) is 25.1 Å². The molecule has 6 heteroatoms. The summed E-state index contributed by atoms with van der Waals surface area (Å²) in [6, 6.07) is 4.34. The van der Waals surface area contributed by atoms with Gasteiger partial charge in [0.2, 0.25) is 0 Å². The molecule has 0 aliphatic carbocycles. The van der Waals surface area contributed by atoms with E-state index in [-0.39, 0.29) is 23.6 Å². The summed E-state index contributed by atoms with van der Waals surface area (Å²) in [5, 5.41) is 0. The minimum absolute atomic E-state index is 0.0743. The van der Waals surface area contributed by atoms with Crippen molar-refractivity contribution in [3.63, 3.8) is 0 Å². The first-order valence-electron chi connectivity index (χ1n) is 5.96. The molecule has 1 fully saturated rings. The Morgan fingerprint density at radius 3 is 3.00 bits per heavy atom. The van der Waals surface area contributed by atoms with Gasteiger partial charge in [0.25, 0.3) is 5.91 Å². The van der Waals surface area contributed by atoms with Crippen molar-refractivity contribution in [2.24, 2.45) is 0 Å². The standard InChI is InChI=1S/C13H14BrClFNO2/c1-8-7-19-10(5-15)6-17(8)13(18)11-3-2-9(14)4-12(11)16/h2-4,8,10H,5-7H2,1H3. The van der Waals surface area contributed by atoms with E-state index in [4.69, 9.17) is 16.3 Å². The van der Waals surface area contributed by atoms with Crippen molar-refractivity contribution in [3.05, 3.63) is 34.1 Å². The van der Waals surface area contributed by atoms with Crippen LogP contribution in [-0.4, -0.2) is 42.0 Å². The number of alkyl halides is 1. The molecule has 2 unspecified atom stereocenters. The molecule has 0 saturated carbocycles. The van der Waals surface area contributed by atoms with Crippen LogP contribution in [0.15, 0.2) is 22.7 Å². The summed E-state index contributed by atoms with van der Waals surface area (Å²) in [7, 11) is 0. The smallest absolute Gasteiger partial charge is 0.257 e. The predicted molar refractivity (Wildman–Crippen MR) is 75.1 cm³/mol. The van der Waals surface area contributed by atoms with Crippen LogP contribution in [0.2, 0.25) is 0 Å². The van der Waals surface area contributed by atoms with Gasteiger partial charge in [0, 0.05) is 11.0 Å². The van der Waals surface area contributed by atoms with E-state index < -0.39 is 5.82 Å². The Bertz CT molecular complexity index is 486. The van der Waals surface area contributed by atoms with Crippen LogP contribution in [0.1, 0.15) is 17.3 Å². The Balaban J connectivity index is 2.22. The van der Waals surface area contributed by atoms with Crippen LogP contribution in [-0.2, 0) is 4.74 Å². The van der Waals surface area contributed by atoms with Crippen LogP contribution < -0.4 is 0 Å². The van der Waals surface area contributed by atoms with E-state index in [2.05, 4.69) is 15.9 Å². The zero-order chi connectivity index (χ0) is 14.0. The molecular weight excluding hydrogens is 337 g/mol. The summed E-state index contributed by atoms with van der Waals surface area (Å²) in [5.74, 6) is -0.532. The number of carbonyl (C=O) groups is 1. The molecule has 0 spiro atoms. The number of morpholine rings is 1. The molecule has 1 aliphatic heterocycles. The fourth-order valence-electron chi connectivity index (χ4n) is 2.01. The van der Waals surface area contributed by atoms with Gasteiger partial charge in [0.1, 0.15) is 5.82 Å². The molecule has 1 heterocycles. The van der Waals surface area contributed by atoms with E-state index in [0.717, 1.165) is 0 Å². The van der Waals surface area contributed by atoms with Gasteiger partial charge in [-0.3, -0.25) is 4.79 Å². The van der Waals surface area contributed by atoms with Gasteiger partial charge in [-0.25, -0.2) is 4.39 Å². The molecule has 0 N–H and O–H groups in total. The Hall–Kier alpha value is -0.650. The largest absolute Gasteiger partial charge is 0.373 e. The van der Waals surface area contributed by atoms with Gasteiger partial charge in [0.05, 0.1) is 30.2 Å². The molecule has 1 aromatic rings. The van der Waals surface area contributed by atoms with Gasteiger partial charge in [-0.2, -0.15) is 0 Å². The average molecular weight is 351 g/mol. The lowest BCUT2D eigenvalue weighted by Gasteiger charge is -2.37. The lowest BCUT2D eigenvalue weighted by molar-refractivity contribution is -0.0373. The second-order valence-electron chi connectivity index (χ2n) is 4.54. The highest BCUT2D eigenvalue weighted by atomic mass is 79.9. The average Bonchev–Trinajstić information content (AvgIpc) is 2.38. The van der Waals surface area contributed by atoms with Gasteiger partial charge in [-0.15, -0.1) is 11.6 Å². The van der Waals surface area contributed by atoms with Crippen molar-refractivity contribution < 1.29 is 13.9 Å². The minimum atomic E-state index is -0.527. The molecule has 19 heavy (non-hydrogen) atoms. The normalized spacial score (nSPS) is 23.5. The fraction of sp³-hybridized carbons (Fsp3) is 0.462. The van der Waals surface area contributed by atoms with Crippen LogP contribution in [0.5, 0.6) is 0 Å². The number of rotatable bonds is 2. The second kappa shape index (κ2) is 6.20. The van der Waals surface area contributed by atoms with Crippen LogP contribution in [0.4, 0.5) is 4.39 Å². The van der Waals surface area contributed by atoms with Crippen LogP contribution in [0, 0.1) is 5.82 Å². The highest BCUT2D eigenvalue weighted by Gasteiger charge is 2.30. The van der Waals surface area contributed by atoms with Crippen molar-refractivity contribution in [2.45, 2.75) is 19.1 Å². The fourth-order valence-corrected chi connectivity index (χ4v) is 2.53. The van der Waals surface area contributed by atoms with E-state index in [1.165, 1.54) is 12.1 Å². The summed E-state index contributed by atoms with van der Waals surface area (Å²) in [6.45, 7) is 2.68. The van der Waals surface area contributed by atoms with Crippen molar-refractivity contribution in [1.82, 2.24) is 4.90 Å². The molecule has 1 saturated heterocycles. The molecule has 1 aliphatic rings. The molecule has 1 aromatic carbocycles. The second-order valence-corrected chi connectivity index (χ2v) is 5.76. The SMILES string of the molecule is CC1COC(CCl)CN1C(=O)c1ccc(Br)cc1F. The first-order chi connectivity index (χ1) is 9.02. The molecule has 0 aromatic heterocycles. The highest BCUT2D eigenvalue weighted by Crippen LogP contribution is 2.20. The Morgan fingerprint density at radius 2 is 2.37 bits per heavy atom. The van der Waals surface area contributed by atoms with Gasteiger partial charge >= 0.3 is 0 Å². The molecular formula is C13H14BrClFNO2. The van der Waals surface area contributed by atoms with Crippen molar-refractivity contribution in [2.75, 3.05) is 19.0 Å². The summed E-state index contributed by atoms with van der Waals surface area (Å²) < 4.78 is 19.9. The Morgan fingerprint density at radius 1 is 1.63 bits per heavy atom. The molecule has 2 atom stereocenters. The molecule has 1 amide bonds. The van der Waals surface area contributed by atoms with E-state index in [9.17, 15) is 9.18 Å². The molecule has 2 rings (SSSR count). The van der Waals surface area contributed by atoms with E-state index in [1.54, 1.807) is 11.0 Å². The number of hydrogen-bond donors (Lipinski definition) is 0. The topological polar surface area (TPSA) is 29.5 Å². The van der Waals surface area contributed by atoms with Crippen LogP contribution in [0.25, 0.3) is 0 Å². The third-order valence-corrected chi connectivity index (χ3v) is 3.94. The number of ether oxygens (including phenoxy) is 1. The molecule has 0 radical (unpaired) electrons. The quantitative estimate of drug-likeness (QED) is 0.767. The van der Waals surface area contributed by atoms with Gasteiger partial charge in [0.15, 0.2) is 0 Å². The Labute approximate surface area is 124 Å². The van der Waals surface area contributed by atoms with E-state index >= 15 is 0 Å². The zero-order valence-corrected chi connectivity index (χ0v) is 12.7. The maximum absolute atomic E-state index is 13.8. The molecule has 0 bridgehead atoms. The third kappa shape index (κ3) is 3.27. The third-order valence-electron chi connectivity index (χ3n) is 3.10. The lowest BCUT2D eigenvalue weighted by atomic mass is 10.1. The van der Waals surface area contributed by atoms with Crippen molar-refractivity contribution >= 4 is 33.4 Å². The zero-order valence-electron chi connectivity index (χ0n) is 10.4. The number of benzene rings is 1. The first-order valence-corrected chi connectivity index (χ1v) is 7.29. The number of nitrogens with zero attached hydrogens (tertiary/aromatic N) is 1. The highest BCUT2D eigenvalue weighted by molar-refractivity contribution is 9.10. The van der Waals surface area contributed by atoms with Gasteiger partial charge in [-0.1, -0.05) is 15.9 Å². The molecule has 104 valence electrons. The summed E-state index contributed by atoms with van der Waals surface area (Å²) in [6.07, 6.45) is -0.194. The minimum Gasteiger partial charge on any atom is -0.373 e. The maximum Gasteiger partial charge on any atom is 0.257 e. The van der Waals surface area contributed by atoms with Crippen molar-refractivity contribution in [1.29, 1.82) is 0 Å². The Kier molecular flexibility index (Phi) is 4.81. The first kappa shape index (κ1) is 14.8. The number of carbonyl (C=O) groups excluding carboxylic acids is 1. The predicted octanol–water partition coefficient (Wildman–Crippen LogP) is 3.06. The lowest BCUT2D eigenvalue weighted by Crippen LogP contribution is -2.51. The van der Waals surface area contributed by atoms with E-state index in [1.807, 2.05) is 6.92 Å². The monoisotopic (exact) mass is 349 g/mol. The number of amides is 1. The van der Waals surface area contributed by atoms with Crippen LogP contribution in [0.3, 0.4) is 0 Å². The summed E-state index contributed by atoms with van der Waals surface area (Å²) in [5.41, 5.74) is 0.0743. The number of hydrogen-bond acceptors (Lipinski definition) is 2. The van der Waals surface area contributed by atoms with Gasteiger partial charge < -0.3 is 9.64 Å². The number of halogens is 3. The van der Waals surface area contributed by atoms with Crippen LogP contribution >= 0.6 is 27.5 Å². The van der Waals surface area contributed by atoms with E-state index in [0.29, 0.717) is 23.5 Å². The van der Waals surface area contributed by atoms with Crippen molar-refractivity contribution in [3.8, 4) is 0 Å².